The number of amides is 1. The van der Waals surface area contributed by atoms with Crippen LogP contribution >= 0.6 is 0 Å². The van der Waals surface area contributed by atoms with Crippen LogP contribution in [0, 0.1) is 0 Å². The van der Waals surface area contributed by atoms with Crippen LogP contribution in [0.15, 0.2) is 83.2 Å². The predicted octanol–water partition coefficient (Wildman–Crippen LogP) is 7.49. The molecular formula is C47H77N7O8. The minimum atomic E-state index is -0.415. The average molecular weight is 868 g/mol. The van der Waals surface area contributed by atoms with E-state index in [1.165, 1.54) is 11.1 Å². The van der Waals surface area contributed by atoms with Gasteiger partial charge in [-0.15, -0.1) is 0 Å². The maximum absolute atomic E-state index is 8.58. The number of anilines is 1. The van der Waals surface area contributed by atoms with Crippen molar-refractivity contribution < 1.29 is 38.4 Å². The highest BCUT2D eigenvalue weighted by molar-refractivity contribution is 5.98. The second-order valence-electron chi connectivity index (χ2n) is 14.4. The van der Waals surface area contributed by atoms with Gasteiger partial charge < -0.3 is 45.2 Å². The molecular weight excluding hydrogens is 791 g/mol. The molecule has 0 aliphatic rings. The van der Waals surface area contributed by atoms with Crippen molar-refractivity contribution in [2.45, 2.75) is 104 Å². The third-order valence-electron chi connectivity index (χ3n) is 8.83. The molecule has 1 aromatic heterocycles. The molecule has 0 fully saturated rings. The molecule has 2 atom stereocenters. The van der Waals surface area contributed by atoms with Crippen LogP contribution in [0.3, 0.4) is 0 Å². The predicted molar refractivity (Wildman–Crippen MR) is 253 cm³/mol. The lowest BCUT2D eigenvalue weighted by Crippen LogP contribution is -2.46. The standard InChI is InChI=1S/C42H64N6O4.C2H6.CH3NO.CH2O2.CH2O/c1-8-49-29-30-50-26-11-9-10-12-27-51-39-18-14-16-37(32-39)34(2)36-15-13-17-38(31-36)47-42(21-25-43-6,22-28-52-41(3,4)5)33-46-40(48-44-7)35-19-23-45-24-20-35;1-2;2*2-1-3;1-2/h13-20,23-24,31-32,34,43,47H,7-12,21-22,25-30,33H2,1-6H3,(H,46,48);1-2H3;1H,(H2,2,3);1H,(H,2,3);1H2/t34-,42?;;;;/m0..../s1. The van der Waals surface area contributed by atoms with Crippen LogP contribution in [-0.4, -0.2) is 113 Å². The number of carboxylic acid groups (broad SMARTS) is 1. The Morgan fingerprint density at radius 3 is 2.08 bits per heavy atom. The number of carbonyl (C=O) groups excluding carboxylic acids is 2. The molecule has 0 aliphatic heterocycles. The number of ether oxygens (including phenoxy) is 4. The smallest absolute Gasteiger partial charge is 0.290 e. The van der Waals surface area contributed by atoms with Crippen LogP contribution in [0.4, 0.5) is 5.69 Å². The van der Waals surface area contributed by atoms with E-state index in [4.69, 9.17) is 43.4 Å². The zero-order valence-electron chi connectivity index (χ0n) is 38.7. The number of hydrogen-bond acceptors (Lipinski definition) is 12. The summed E-state index contributed by atoms with van der Waals surface area (Å²) in [5.41, 5.74) is 10.9. The molecule has 3 aromatic rings. The van der Waals surface area contributed by atoms with Gasteiger partial charge in [0.15, 0.2) is 0 Å². The Balaban J connectivity index is 0. The molecule has 1 unspecified atom stereocenters. The van der Waals surface area contributed by atoms with Crippen molar-refractivity contribution in [3.8, 4) is 5.75 Å². The zero-order chi connectivity index (χ0) is 46.9. The molecule has 1 heterocycles. The topological polar surface area (TPSA) is 208 Å². The number of nitrogens with zero attached hydrogens (tertiary/aromatic N) is 3. The molecule has 15 nitrogen and oxygen atoms in total. The molecule has 15 heteroatoms. The number of hydrazone groups is 1. The van der Waals surface area contributed by atoms with Gasteiger partial charge in [0.25, 0.3) is 6.47 Å². The number of nitrogens with two attached hydrogens (primary N) is 1. The van der Waals surface area contributed by atoms with Gasteiger partial charge in [-0.2, -0.15) is 5.10 Å². The van der Waals surface area contributed by atoms with Gasteiger partial charge in [0.05, 0.1) is 37.5 Å². The minimum absolute atomic E-state index is 0.170. The number of pyridine rings is 1. The van der Waals surface area contributed by atoms with E-state index in [2.05, 4.69) is 109 Å². The first-order chi connectivity index (χ1) is 30.0. The fourth-order valence-electron chi connectivity index (χ4n) is 5.84. The van der Waals surface area contributed by atoms with Crippen molar-refractivity contribution in [2.24, 2.45) is 15.8 Å². The third kappa shape index (κ3) is 28.3. The molecule has 1 amide bonds. The summed E-state index contributed by atoms with van der Waals surface area (Å²) in [5.74, 6) is 1.73. The number of unbranched alkanes of at least 4 members (excludes halogenated alkanes) is 3. The average Bonchev–Trinajstić information content (AvgIpc) is 3.28. The Morgan fingerprint density at radius 2 is 1.48 bits per heavy atom. The molecule has 0 saturated heterocycles. The normalized spacial score (nSPS) is 12.0. The lowest BCUT2D eigenvalue weighted by molar-refractivity contribution is -0.122. The molecule has 0 bridgehead atoms. The summed E-state index contributed by atoms with van der Waals surface area (Å²) < 4.78 is 23.4. The number of aliphatic imine (C=N–C) groups is 1. The molecule has 0 saturated carbocycles. The maximum Gasteiger partial charge on any atom is 0.290 e. The second-order valence-corrected chi connectivity index (χ2v) is 14.4. The van der Waals surface area contributed by atoms with Crippen LogP contribution in [-0.2, 0) is 28.6 Å². The number of rotatable bonds is 26. The van der Waals surface area contributed by atoms with Crippen LogP contribution in [0.2, 0.25) is 0 Å². The van der Waals surface area contributed by atoms with Crippen LogP contribution in [0.25, 0.3) is 0 Å². The number of amidine groups is 1. The van der Waals surface area contributed by atoms with E-state index in [0.717, 1.165) is 75.3 Å². The SMILES string of the molecule is C=NNC(=NCC(CCNC)(CCOC(C)(C)C)Nc1cccc([C@H](C)c2cccc(OCCCCCCOCCOCC)c2)c1)c1ccncc1.C=O.CC.NC=O.O=CO. The van der Waals surface area contributed by atoms with Gasteiger partial charge in [-0.05, 0) is 121 Å². The minimum Gasteiger partial charge on any atom is -0.494 e. The molecule has 0 spiro atoms. The van der Waals surface area contributed by atoms with Crippen molar-refractivity contribution in [1.29, 1.82) is 0 Å². The number of carbonyl (C=O) groups is 3. The van der Waals surface area contributed by atoms with Gasteiger partial charge in [-0.1, -0.05) is 51.5 Å². The Kier molecular flexibility index (Phi) is 36.7. The second kappa shape index (κ2) is 38.7. The van der Waals surface area contributed by atoms with E-state index in [1.807, 2.05) is 52.8 Å². The van der Waals surface area contributed by atoms with E-state index in [0.29, 0.717) is 38.8 Å². The van der Waals surface area contributed by atoms with E-state index in [-0.39, 0.29) is 24.4 Å². The first-order valence-corrected chi connectivity index (χ1v) is 21.3. The van der Waals surface area contributed by atoms with Crippen molar-refractivity contribution in [2.75, 3.05) is 65.1 Å². The Bertz CT molecular complexity index is 1570. The fourth-order valence-corrected chi connectivity index (χ4v) is 5.84. The number of aromatic nitrogens is 1. The monoisotopic (exact) mass is 868 g/mol. The Hall–Kier alpha value is -5.22. The number of benzene rings is 2. The lowest BCUT2D eigenvalue weighted by atomic mass is 9.89. The summed E-state index contributed by atoms with van der Waals surface area (Å²) in [7, 11) is 1.98. The van der Waals surface area contributed by atoms with Gasteiger partial charge in [-0.25, -0.2) is 0 Å². The Labute approximate surface area is 371 Å². The van der Waals surface area contributed by atoms with E-state index in [9.17, 15) is 0 Å². The van der Waals surface area contributed by atoms with Crippen molar-refractivity contribution >= 4 is 37.9 Å². The quantitative estimate of drug-likeness (QED) is 0.0175. The summed E-state index contributed by atoms with van der Waals surface area (Å²) in [6.45, 7) is 25.4. The van der Waals surface area contributed by atoms with Crippen LogP contribution in [0.5, 0.6) is 5.75 Å². The highest BCUT2D eigenvalue weighted by Gasteiger charge is 2.31. The zero-order valence-corrected chi connectivity index (χ0v) is 38.7. The van der Waals surface area contributed by atoms with Gasteiger partial charge in [-0.3, -0.25) is 25.0 Å². The number of primary amides is 1. The van der Waals surface area contributed by atoms with E-state index in [1.54, 1.807) is 12.4 Å². The van der Waals surface area contributed by atoms with Crippen LogP contribution in [0.1, 0.15) is 110 Å². The third-order valence-corrected chi connectivity index (χ3v) is 8.83. The molecule has 0 aliphatic carbocycles. The molecule has 0 radical (unpaired) electrons. The first-order valence-electron chi connectivity index (χ1n) is 21.3. The van der Waals surface area contributed by atoms with Crippen molar-refractivity contribution in [1.82, 2.24) is 15.7 Å². The summed E-state index contributed by atoms with van der Waals surface area (Å²) in [4.78, 5) is 34.2. The summed E-state index contributed by atoms with van der Waals surface area (Å²) in [5, 5.41) is 18.1. The molecule has 62 heavy (non-hydrogen) atoms. The van der Waals surface area contributed by atoms with Crippen LogP contribution < -0.4 is 26.5 Å². The van der Waals surface area contributed by atoms with Crippen molar-refractivity contribution in [3.63, 3.8) is 0 Å². The van der Waals surface area contributed by atoms with E-state index < -0.39 is 5.54 Å². The molecule has 3 rings (SSSR count). The van der Waals surface area contributed by atoms with Gasteiger partial charge in [0, 0.05) is 56.1 Å². The highest BCUT2D eigenvalue weighted by Crippen LogP contribution is 2.31. The molecule has 2 aromatic carbocycles. The van der Waals surface area contributed by atoms with Gasteiger partial charge in [0.1, 0.15) is 18.4 Å². The summed E-state index contributed by atoms with van der Waals surface area (Å²) >= 11 is 0. The number of hydrogen-bond donors (Lipinski definition) is 5. The lowest BCUT2D eigenvalue weighted by Gasteiger charge is -2.36. The summed E-state index contributed by atoms with van der Waals surface area (Å²) in [6, 6.07) is 21.0. The first kappa shape index (κ1) is 58.9. The Morgan fingerprint density at radius 1 is 0.887 bits per heavy atom. The number of nitrogens with one attached hydrogen (secondary N) is 3. The fraction of sp³-hybridized carbons (Fsp3) is 0.532. The van der Waals surface area contributed by atoms with Crippen molar-refractivity contribution in [3.05, 3.63) is 89.7 Å². The van der Waals surface area contributed by atoms with Gasteiger partial charge in [0.2, 0.25) is 6.41 Å². The molecule has 6 N–H and O–H groups in total. The van der Waals surface area contributed by atoms with Gasteiger partial charge >= 0.3 is 0 Å². The highest BCUT2D eigenvalue weighted by atomic mass is 16.5. The largest absolute Gasteiger partial charge is 0.494 e. The summed E-state index contributed by atoms with van der Waals surface area (Å²) in [6.07, 6.45) is 9.69. The maximum atomic E-state index is 8.58. The molecule has 348 valence electrons. The van der Waals surface area contributed by atoms with E-state index >= 15 is 0 Å².